The maximum Gasteiger partial charge on any atom is 0.0861 e. The minimum atomic E-state index is 0.215. The molecule has 0 nitrogen and oxygen atoms in total. The van der Waals surface area contributed by atoms with Gasteiger partial charge in [-0.15, -0.1) is 0 Å². The van der Waals surface area contributed by atoms with Crippen molar-refractivity contribution in [3.05, 3.63) is 0 Å². The van der Waals surface area contributed by atoms with E-state index in [1.807, 2.05) is 0 Å². The molecular formula is C6H8Br4. The van der Waals surface area contributed by atoms with Gasteiger partial charge >= 0.3 is 0 Å². The van der Waals surface area contributed by atoms with E-state index in [1.165, 1.54) is 19.3 Å². The molecule has 1 rings (SSSR count). The molecule has 1 fully saturated rings. The number of rotatable bonds is 1. The van der Waals surface area contributed by atoms with E-state index in [1.54, 1.807) is 0 Å². The Balaban J connectivity index is 2.66. The predicted molar refractivity (Wildman–Crippen MR) is 59.9 cm³/mol. The molecule has 0 aromatic heterocycles. The van der Waals surface area contributed by atoms with E-state index in [9.17, 15) is 0 Å². The van der Waals surface area contributed by atoms with Crippen molar-refractivity contribution in [3.63, 3.8) is 0 Å². The topological polar surface area (TPSA) is 0 Å². The Morgan fingerprint density at radius 2 is 2.00 bits per heavy atom. The Kier molecular flexibility index (Phi) is 3.76. The van der Waals surface area contributed by atoms with Gasteiger partial charge in [-0.25, -0.2) is 0 Å². The standard InChI is InChI=1S/C6H8Br4/c7-4-2-1-3-6(4,10)5(8)9/h4-5H,1-3H2. The molecule has 0 heterocycles. The molecule has 2 atom stereocenters. The molecule has 0 bridgehead atoms. The minimum absolute atomic E-state index is 0.215. The largest absolute Gasteiger partial charge is 0.0875 e. The van der Waals surface area contributed by atoms with Crippen LogP contribution in [0.15, 0.2) is 0 Å². The van der Waals surface area contributed by atoms with Crippen LogP contribution in [-0.2, 0) is 0 Å². The SMILES string of the molecule is BrC(Br)C1(Br)CCCC1Br. The van der Waals surface area contributed by atoms with Crippen molar-refractivity contribution in [2.45, 2.75) is 32.2 Å². The third-order valence-electron chi connectivity index (χ3n) is 1.90. The second kappa shape index (κ2) is 3.75. The van der Waals surface area contributed by atoms with E-state index in [4.69, 9.17) is 0 Å². The molecule has 10 heavy (non-hydrogen) atoms. The molecule has 4 heteroatoms. The molecule has 1 saturated carbocycles. The third kappa shape index (κ3) is 1.80. The minimum Gasteiger partial charge on any atom is -0.0875 e. The number of hydrogen-bond acceptors (Lipinski definition) is 0. The van der Waals surface area contributed by atoms with E-state index < -0.39 is 0 Å². The molecule has 0 amide bonds. The Labute approximate surface area is 95.0 Å². The fourth-order valence-electron chi connectivity index (χ4n) is 1.19. The summed E-state index contributed by atoms with van der Waals surface area (Å²) in [5, 5.41) is 0. The number of halogens is 4. The lowest BCUT2D eigenvalue weighted by Crippen LogP contribution is -2.32. The zero-order chi connectivity index (χ0) is 7.78. The van der Waals surface area contributed by atoms with Crippen molar-refractivity contribution in [2.24, 2.45) is 0 Å². The van der Waals surface area contributed by atoms with Gasteiger partial charge in [0.25, 0.3) is 0 Å². The first-order chi connectivity index (χ1) is 4.57. The Bertz CT molecular complexity index is 125. The van der Waals surface area contributed by atoms with Gasteiger partial charge < -0.3 is 0 Å². The monoisotopic (exact) mass is 396 g/mol. The Morgan fingerprint density at radius 1 is 1.40 bits per heavy atom. The average Bonchev–Trinajstić information content (AvgIpc) is 2.15. The first-order valence-corrected chi connectivity index (χ1v) is 6.72. The van der Waals surface area contributed by atoms with Crippen molar-refractivity contribution in [3.8, 4) is 0 Å². The van der Waals surface area contributed by atoms with Crippen LogP contribution in [0.4, 0.5) is 0 Å². The molecule has 0 N–H and O–H groups in total. The number of alkyl halides is 4. The lowest BCUT2D eigenvalue weighted by Gasteiger charge is -2.27. The van der Waals surface area contributed by atoms with Crippen molar-refractivity contribution in [1.82, 2.24) is 0 Å². The quantitative estimate of drug-likeness (QED) is 0.580. The van der Waals surface area contributed by atoms with Crippen LogP contribution in [0.2, 0.25) is 0 Å². The highest BCUT2D eigenvalue weighted by Crippen LogP contribution is 2.48. The molecule has 0 spiro atoms. The van der Waals surface area contributed by atoms with Gasteiger partial charge in [-0.2, -0.15) is 0 Å². The van der Waals surface area contributed by atoms with Crippen LogP contribution in [0.3, 0.4) is 0 Å². The summed E-state index contributed by atoms with van der Waals surface area (Å²) in [5.74, 6) is 0. The Morgan fingerprint density at radius 3 is 2.20 bits per heavy atom. The molecule has 0 saturated heterocycles. The van der Waals surface area contributed by atoms with Crippen LogP contribution in [0, 0.1) is 0 Å². The maximum atomic E-state index is 3.73. The summed E-state index contributed by atoms with van der Waals surface area (Å²) in [6, 6.07) is 0. The predicted octanol–water partition coefficient (Wildman–Crippen LogP) is 4.18. The maximum absolute atomic E-state index is 3.73. The van der Waals surface area contributed by atoms with E-state index >= 15 is 0 Å². The van der Waals surface area contributed by atoms with E-state index in [0.29, 0.717) is 8.56 Å². The molecule has 0 aromatic carbocycles. The summed E-state index contributed by atoms with van der Waals surface area (Å²) in [6.07, 6.45) is 3.79. The van der Waals surface area contributed by atoms with Crippen molar-refractivity contribution in [2.75, 3.05) is 0 Å². The van der Waals surface area contributed by atoms with Crippen molar-refractivity contribution in [1.29, 1.82) is 0 Å². The molecular weight excluding hydrogens is 392 g/mol. The average molecular weight is 400 g/mol. The van der Waals surface area contributed by atoms with Crippen molar-refractivity contribution < 1.29 is 0 Å². The highest BCUT2D eigenvalue weighted by Gasteiger charge is 2.43. The van der Waals surface area contributed by atoms with Crippen molar-refractivity contribution >= 4 is 63.7 Å². The molecule has 0 aliphatic heterocycles. The van der Waals surface area contributed by atoms with E-state index in [-0.39, 0.29) is 4.32 Å². The van der Waals surface area contributed by atoms with Crippen LogP contribution in [0.5, 0.6) is 0 Å². The third-order valence-corrected chi connectivity index (χ3v) is 8.06. The first kappa shape index (κ1) is 10.0. The highest BCUT2D eigenvalue weighted by atomic mass is 79.9. The van der Waals surface area contributed by atoms with Crippen LogP contribution in [0.1, 0.15) is 19.3 Å². The van der Waals surface area contributed by atoms with Gasteiger partial charge in [0.15, 0.2) is 0 Å². The van der Waals surface area contributed by atoms with Crippen LogP contribution < -0.4 is 0 Å². The van der Waals surface area contributed by atoms with Gasteiger partial charge in [-0.3, -0.25) is 0 Å². The molecule has 2 unspecified atom stereocenters. The summed E-state index contributed by atoms with van der Waals surface area (Å²) in [4.78, 5) is 0.587. The van der Waals surface area contributed by atoms with Gasteiger partial charge in [0, 0.05) is 4.83 Å². The highest BCUT2D eigenvalue weighted by molar-refractivity contribution is 9.25. The first-order valence-electron chi connectivity index (χ1n) is 3.18. The molecule has 1 aliphatic rings. The lowest BCUT2D eigenvalue weighted by atomic mass is 10.1. The van der Waals surface area contributed by atoms with Crippen LogP contribution in [0.25, 0.3) is 0 Å². The molecule has 0 aromatic rings. The summed E-state index contributed by atoms with van der Waals surface area (Å²) in [6.45, 7) is 0. The molecule has 60 valence electrons. The summed E-state index contributed by atoms with van der Waals surface area (Å²) < 4.78 is 0.576. The van der Waals surface area contributed by atoms with Gasteiger partial charge in [-0.05, 0) is 12.8 Å². The van der Waals surface area contributed by atoms with Gasteiger partial charge in [0.2, 0.25) is 0 Å². The zero-order valence-corrected chi connectivity index (χ0v) is 11.6. The van der Waals surface area contributed by atoms with Gasteiger partial charge in [-0.1, -0.05) is 70.1 Å². The normalized spacial score (nSPS) is 41.1. The van der Waals surface area contributed by atoms with Gasteiger partial charge in [0.05, 0.1) is 8.06 Å². The summed E-state index contributed by atoms with van der Waals surface area (Å²) in [5.41, 5.74) is 0. The van der Waals surface area contributed by atoms with Crippen LogP contribution in [-0.4, -0.2) is 12.9 Å². The lowest BCUT2D eigenvalue weighted by molar-refractivity contribution is 0.706. The fourth-order valence-corrected chi connectivity index (χ4v) is 4.33. The second-order valence-corrected chi connectivity index (χ2v) is 8.23. The zero-order valence-electron chi connectivity index (χ0n) is 5.29. The second-order valence-electron chi connectivity index (χ2n) is 2.59. The van der Waals surface area contributed by atoms with Gasteiger partial charge in [0.1, 0.15) is 0 Å². The fraction of sp³-hybridized carbons (Fsp3) is 1.00. The smallest absolute Gasteiger partial charge is 0.0861 e. The van der Waals surface area contributed by atoms with E-state index in [2.05, 4.69) is 63.7 Å². The number of hydrogen-bond donors (Lipinski definition) is 0. The molecule has 0 radical (unpaired) electrons. The van der Waals surface area contributed by atoms with E-state index in [0.717, 1.165) is 0 Å². The summed E-state index contributed by atoms with van der Waals surface area (Å²) in [7, 11) is 0. The molecule has 1 aliphatic carbocycles. The Hall–Kier alpha value is 1.92. The van der Waals surface area contributed by atoms with Crippen LogP contribution >= 0.6 is 63.7 Å². The summed E-state index contributed by atoms with van der Waals surface area (Å²) >= 11 is 14.5.